The molecule has 38 heavy (non-hydrogen) atoms. The first kappa shape index (κ1) is 26.1. The van der Waals surface area contributed by atoms with Gasteiger partial charge in [0.25, 0.3) is 0 Å². The van der Waals surface area contributed by atoms with Crippen LogP contribution in [-0.4, -0.2) is 0 Å². The number of nitrogens with two attached hydrogens (primary N) is 2. The van der Waals surface area contributed by atoms with Crippen LogP contribution in [0.5, 0.6) is 0 Å². The summed E-state index contributed by atoms with van der Waals surface area (Å²) in [6.07, 6.45) is 6.30. The molecule has 2 nitrogen and oxygen atoms in total. The Hall–Kier alpha value is -3.52. The van der Waals surface area contributed by atoms with Crippen molar-refractivity contribution in [3.8, 4) is 0 Å². The van der Waals surface area contributed by atoms with Gasteiger partial charge in [0.1, 0.15) is 0 Å². The lowest BCUT2D eigenvalue weighted by Crippen LogP contribution is -2.33. The van der Waals surface area contributed by atoms with Gasteiger partial charge in [-0.2, -0.15) is 0 Å². The maximum absolute atomic E-state index is 5.91. The summed E-state index contributed by atoms with van der Waals surface area (Å²) in [6.45, 7) is 6.91. The Balaban J connectivity index is 1.44. The van der Waals surface area contributed by atoms with Crippen LogP contribution in [0.2, 0.25) is 0 Å². The van der Waals surface area contributed by atoms with E-state index in [2.05, 4.69) is 93.6 Å². The highest BCUT2D eigenvalue weighted by molar-refractivity contribution is 5.47. The maximum Gasteiger partial charge on any atom is 0.0314 e. The summed E-state index contributed by atoms with van der Waals surface area (Å²) in [7, 11) is 0. The van der Waals surface area contributed by atoms with Crippen molar-refractivity contribution >= 4 is 11.4 Å². The summed E-state index contributed by atoms with van der Waals surface area (Å²) >= 11 is 0. The molecule has 2 unspecified atom stereocenters. The van der Waals surface area contributed by atoms with E-state index in [4.69, 9.17) is 11.5 Å². The number of benzene rings is 4. The Labute approximate surface area is 229 Å². The molecule has 1 aliphatic carbocycles. The number of rotatable bonds is 7. The average Bonchev–Trinajstić information content (AvgIpc) is 2.97. The summed E-state index contributed by atoms with van der Waals surface area (Å²) in [5, 5.41) is 0. The average molecular weight is 503 g/mol. The molecule has 0 aromatic heterocycles. The molecular weight excluding hydrogens is 460 g/mol. The van der Waals surface area contributed by atoms with Crippen molar-refractivity contribution in [3.05, 3.63) is 130 Å². The van der Waals surface area contributed by atoms with Crippen molar-refractivity contribution in [1.82, 2.24) is 0 Å². The van der Waals surface area contributed by atoms with E-state index in [1.54, 1.807) is 0 Å². The monoisotopic (exact) mass is 502 g/mol. The van der Waals surface area contributed by atoms with E-state index in [1.807, 2.05) is 24.3 Å². The van der Waals surface area contributed by atoms with E-state index in [9.17, 15) is 0 Å². The molecular formula is C36H42N2. The largest absolute Gasteiger partial charge is 0.399 e. The van der Waals surface area contributed by atoms with Gasteiger partial charge in [0.05, 0.1) is 0 Å². The molecule has 0 spiro atoms. The lowest BCUT2D eigenvalue weighted by Gasteiger charge is -2.41. The molecule has 0 radical (unpaired) electrons. The van der Waals surface area contributed by atoms with E-state index in [-0.39, 0.29) is 5.41 Å². The van der Waals surface area contributed by atoms with Crippen molar-refractivity contribution in [2.24, 2.45) is 5.92 Å². The molecule has 1 saturated carbocycles. The molecule has 0 amide bonds. The van der Waals surface area contributed by atoms with Crippen LogP contribution in [0.25, 0.3) is 0 Å². The lowest BCUT2D eigenvalue weighted by atomic mass is 9.62. The van der Waals surface area contributed by atoms with Gasteiger partial charge in [-0.15, -0.1) is 0 Å². The second-order valence-electron chi connectivity index (χ2n) is 11.5. The molecule has 4 N–H and O–H groups in total. The zero-order valence-corrected chi connectivity index (χ0v) is 23.2. The molecule has 196 valence electrons. The predicted octanol–water partition coefficient (Wildman–Crippen LogP) is 9.04. The molecule has 0 bridgehead atoms. The fraction of sp³-hybridized carbons (Fsp3) is 0.333. The zero-order valence-electron chi connectivity index (χ0n) is 23.2. The van der Waals surface area contributed by atoms with Crippen molar-refractivity contribution in [3.63, 3.8) is 0 Å². The van der Waals surface area contributed by atoms with Crippen LogP contribution in [0.4, 0.5) is 11.4 Å². The molecule has 2 atom stereocenters. The lowest BCUT2D eigenvalue weighted by molar-refractivity contribution is 0.260. The minimum Gasteiger partial charge on any atom is -0.399 e. The van der Waals surface area contributed by atoms with Crippen LogP contribution in [0.1, 0.15) is 98.1 Å². The van der Waals surface area contributed by atoms with Gasteiger partial charge in [-0.05, 0) is 89.2 Å². The smallest absolute Gasteiger partial charge is 0.0314 e. The van der Waals surface area contributed by atoms with Gasteiger partial charge >= 0.3 is 0 Å². The van der Waals surface area contributed by atoms with Crippen LogP contribution >= 0.6 is 0 Å². The first-order valence-corrected chi connectivity index (χ1v) is 14.3. The third-order valence-corrected chi connectivity index (χ3v) is 9.34. The summed E-state index contributed by atoms with van der Waals surface area (Å²) in [6, 6.07) is 35.6. The van der Waals surface area contributed by atoms with Crippen molar-refractivity contribution < 1.29 is 0 Å². The third kappa shape index (κ3) is 5.23. The molecule has 1 aliphatic rings. The second-order valence-corrected chi connectivity index (χ2v) is 11.5. The highest BCUT2D eigenvalue weighted by atomic mass is 14.5. The maximum atomic E-state index is 5.91. The number of hydrogen-bond donors (Lipinski definition) is 2. The summed E-state index contributed by atoms with van der Waals surface area (Å²) in [5.74, 6) is 1.52. The van der Waals surface area contributed by atoms with E-state index < -0.39 is 0 Å². The Morgan fingerprint density at radius 1 is 0.579 bits per heavy atom. The molecule has 4 aromatic rings. The minimum absolute atomic E-state index is 0.0810. The highest BCUT2D eigenvalue weighted by Gasteiger charge is 2.38. The molecule has 1 fully saturated rings. The SMILES string of the molecule is CCC1CCC(c2ccc(C(C)c3ccc(N)cc3)cc2)(c2ccc(C(C)c3ccc(N)cc3)cc2)CC1. The van der Waals surface area contributed by atoms with E-state index in [0.717, 1.165) is 17.3 Å². The minimum atomic E-state index is 0.0810. The van der Waals surface area contributed by atoms with Gasteiger partial charge in [-0.1, -0.05) is 100.0 Å². The predicted molar refractivity (Wildman–Crippen MR) is 163 cm³/mol. The quantitative estimate of drug-likeness (QED) is 0.248. The summed E-state index contributed by atoms with van der Waals surface area (Å²) in [5.41, 5.74) is 21.8. The van der Waals surface area contributed by atoms with Crippen LogP contribution < -0.4 is 11.5 Å². The number of hydrogen-bond acceptors (Lipinski definition) is 2. The Morgan fingerprint density at radius 3 is 1.21 bits per heavy atom. The first-order valence-electron chi connectivity index (χ1n) is 14.3. The normalized spacial score (nSPS) is 21.1. The van der Waals surface area contributed by atoms with Gasteiger partial charge in [0.2, 0.25) is 0 Å². The van der Waals surface area contributed by atoms with E-state index in [0.29, 0.717) is 11.8 Å². The van der Waals surface area contributed by atoms with E-state index >= 15 is 0 Å². The van der Waals surface area contributed by atoms with E-state index in [1.165, 1.54) is 65.5 Å². The number of nitrogen functional groups attached to an aromatic ring is 2. The Morgan fingerprint density at radius 2 is 0.895 bits per heavy atom. The highest BCUT2D eigenvalue weighted by Crippen LogP contribution is 2.47. The second kappa shape index (κ2) is 11.1. The molecule has 0 aliphatic heterocycles. The van der Waals surface area contributed by atoms with Crippen molar-refractivity contribution in [1.29, 1.82) is 0 Å². The fourth-order valence-electron chi connectivity index (χ4n) is 6.46. The Kier molecular flexibility index (Phi) is 7.61. The Bertz CT molecular complexity index is 1210. The summed E-state index contributed by atoms with van der Waals surface area (Å²) in [4.78, 5) is 0. The molecule has 2 heteroatoms. The van der Waals surface area contributed by atoms with Crippen LogP contribution in [0, 0.1) is 5.92 Å². The standard InChI is InChI=1S/C36H42N2/c1-4-27-21-23-36(24-22-27,32-13-5-28(6-14-32)25(2)30-9-17-34(37)18-10-30)33-15-7-29(8-16-33)26(3)31-11-19-35(38)20-12-31/h5-20,25-27H,4,21-24,37-38H2,1-3H3. The topological polar surface area (TPSA) is 52.0 Å². The zero-order chi connectivity index (χ0) is 26.7. The van der Waals surface area contributed by atoms with Gasteiger partial charge in [-0.25, -0.2) is 0 Å². The molecule has 0 heterocycles. The van der Waals surface area contributed by atoms with Gasteiger partial charge in [-0.3, -0.25) is 0 Å². The van der Waals surface area contributed by atoms with Crippen LogP contribution in [-0.2, 0) is 5.41 Å². The number of anilines is 2. The van der Waals surface area contributed by atoms with Gasteiger partial charge < -0.3 is 11.5 Å². The fourth-order valence-corrected chi connectivity index (χ4v) is 6.46. The van der Waals surface area contributed by atoms with Gasteiger partial charge in [0.15, 0.2) is 0 Å². The summed E-state index contributed by atoms with van der Waals surface area (Å²) < 4.78 is 0. The van der Waals surface area contributed by atoms with Crippen molar-refractivity contribution in [2.75, 3.05) is 11.5 Å². The van der Waals surface area contributed by atoms with Crippen molar-refractivity contribution in [2.45, 2.75) is 70.1 Å². The molecule has 5 rings (SSSR count). The first-order chi connectivity index (χ1) is 18.4. The molecule has 0 saturated heterocycles. The van der Waals surface area contributed by atoms with Crippen LogP contribution in [0.3, 0.4) is 0 Å². The third-order valence-electron chi connectivity index (χ3n) is 9.34. The molecule has 4 aromatic carbocycles. The van der Waals surface area contributed by atoms with Crippen LogP contribution in [0.15, 0.2) is 97.1 Å². The van der Waals surface area contributed by atoms with Gasteiger partial charge in [0, 0.05) is 28.6 Å².